The van der Waals surface area contributed by atoms with Gasteiger partial charge >= 0.3 is 0 Å². The fourth-order valence-electron chi connectivity index (χ4n) is 2.09. The predicted molar refractivity (Wildman–Crippen MR) is 79.0 cm³/mol. The van der Waals surface area contributed by atoms with Gasteiger partial charge in [0.25, 0.3) is 0 Å². The number of hydrogen-bond acceptors (Lipinski definition) is 2. The van der Waals surface area contributed by atoms with Crippen LogP contribution < -0.4 is 5.32 Å². The third kappa shape index (κ3) is 4.00. The summed E-state index contributed by atoms with van der Waals surface area (Å²) >= 11 is 6.01. The number of hydrogen-bond donors (Lipinski definition) is 2. The van der Waals surface area contributed by atoms with Crippen molar-refractivity contribution in [3.05, 3.63) is 69.7 Å². The van der Waals surface area contributed by atoms with E-state index in [1.165, 1.54) is 18.2 Å². The SMILES string of the molecule is CC(NCc1ccc(F)c(CO)c1)c1ccc(F)cc1Cl. The highest BCUT2D eigenvalue weighted by Crippen LogP contribution is 2.24. The maximum atomic E-state index is 13.3. The molecule has 0 radical (unpaired) electrons. The molecule has 0 fully saturated rings. The molecule has 0 bridgehead atoms. The minimum atomic E-state index is -0.420. The van der Waals surface area contributed by atoms with Gasteiger partial charge in [-0.1, -0.05) is 23.7 Å². The van der Waals surface area contributed by atoms with E-state index >= 15 is 0 Å². The lowest BCUT2D eigenvalue weighted by Gasteiger charge is -2.16. The van der Waals surface area contributed by atoms with Gasteiger partial charge in [0.15, 0.2) is 0 Å². The summed E-state index contributed by atoms with van der Waals surface area (Å²) in [5, 5.41) is 12.6. The number of aliphatic hydroxyl groups is 1. The summed E-state index contributed by atoms with van der Waals surface area (Å²) in [6, 6.07) is 8.79. The summed E-state index contributed by atoms with van der Waals surface area (Å²) in [6.45, 7) is 2.07. The monoisotopic (exact) mass is 311 g/mol. The van der Waals surface area contributed by atoms with Crippen LogP contribution in [0.5, 0.6) is 0 Å². The van der Waals surface area contributed by atoms with Crippen molar-refractivity contribution in [2.24, 2.45) is 0 Å². The molecule has 2 nitrogen and oxygen atoms in total. The summed E-state index contributed by atoms with van der Waals surface area (Å²) in [5.74, 6) is -0.794. The van der Waals surface area contributed by atoms with Gasteiger partial charge in [0.1, 0.15) is 11.6 Å². The summed E-state index contributed by atoms with van der Waals surface area (Å²) < 4.78 is 26.3. The molecule has 0 aromatic heterocycles. The van der Waals surface area contributed by atoms with Gasteiger partial charge in [-0.2, -0.15) is 0 Å². The molecular formula is C16H16ClF2NO. The Balaban J connectivity index is 2.05. The number of rotatable bonds is 5. The van der Waals surface area contributed by atoms with Gasteiger partial charge in [0, 0.05) is 23.2 Å². The van der Waals surface area contributed by atoms with Crippen molar-refractivity contribution in [1.29, 1.82) is 0 Å². The van der Waals surface area contributed by atoms with Crippen LogP contribution in [-0.4, -0.2) is 5.11 Å². The fraction of sp³-hybridized carbons (Fsp3) is 0.250. The van der Waals surface area contributed by atoms with E-state index in [0.717, 1.165) is 11.1 Å². The number of nitrogens with one attached hydrogen (secondary N) is 1. The first-order valence-electron chi connectivity index (χ1n) is 6.57. The van der Waals surface area contributed by atoms with Crippen LogP contribution in [0.1, 0.15) is 29.7 Å². The van der Waals surface area contributed by atoms with Crippen LogP contribution in [0.3, 0.4) is 0 Å². The quantitative estimate of drug-likeness (QED) is 0.876. The summed E-state index contributed by atoms with van der Waals surface area (Å²) in [5.41, 5.74) is 1.91. The molecule has 0 aliphatic rings. The fourth-order valence-corrected chi connectivity index (χ4v) is 2.42. The standard InChI is InChI=1S/C16H16ClF2NO/c1-10(14-4-3-13(18)7-15(14)17)20-8-11-2-5-16(19)12(6-11)9-21/h2-7,10,20-21H,8-9H2,1H3. The van der Waals surface area contributed by atoms with Gasteiger partial charge in [0.05, 0.1) is 6.61 Å². The van der Waals surface area contributed by atoms with E-state index in [1.807, 2.05) is 6.92 Å². The number of halogens is 3. The van der Waals surface area contributed by atoms with E-state index < -0.39 is 5.82 Å². The molecule has 112 valence electrons. The highest BCUT2D eigenvalue weighted by atomic mass is 35.5. The average molecular weight is 312 g/mol. The molecule has 0 saturated heterocycles. The minimum Gasteiger partial charge on any atom is -0.392 e. The Bertz CT molecular complexity index is 634. The maximum Gasteiger partial charge on any atom is 0.128 e. The van der Waals surface area contributed by atoms with Crippen LogP contribution in [0.2, 0.25) is 5.02 Å². The van der Waals surface area contributed by atoms with Crippen molar-refractivity contribution in [3.8, 4) is 0 Å². The lowest BCUT2D eigenvalue weighted by atomic mass is 10.1. The Morgan fingerprint density at radius 2 is 1.95 bits per heavy atom. The molecular weight excluding hydrogens is 296 g/mol. The van der Waals surface area contributed by atoms with Crippen LogP contribution in [-0.2, 0) is 13.2 Å². The molecule has 0 spiro atoms. The molecule has 1 atom stereocenters. The minimum absolute atomic E-state index is 0.0827. The largest absolute Gasteiger partial charge is 0.392 e. The molecule has 0 aliphatic heterocycles. The zero-order chi connectivity index (χ0) is 15.4. The molecule has 0 saturated carbocycles. The van der Waals surface area contributed by atoms with Crippen molar-refractivity contribution in [1.82, 2.24) is 5.32 Å². The van der Waals surface area contributed by atoms with Gasteiger partial charge in [-0.15, -0.1) is 0 Å². The van der Waals surface area contributed by atoms with Gasteiger partial charge in [-0.05, 0) is 42.3 Å². The lowest BCUT2D eigenvalue weighted by Crippen LogP contribution is -2.18. The molecule has 21 heavy (non-hydrogen) atoms. The molecule has 5 heteroatoms. The number of benzene rings is 2. The molecule has 2 rings (SSSR count). The Morgan fingerprint density at radius 1 is 1.19 bits per heavy atom. The molecule has 2 N–H and O–H groups in total. The first-order valence-corrected chi connectivity index (χ1v) is 6.95. The van der Waals surface area contributed by atoms with Crippen LogP contribution >= 0.6 is 11.6 Å². The van der Waals surface area contributed by atoms with Crippen LogP contribution in [0.15, 0.2) is 36.4 Å². The lowest BCUT2D eigenvalue weighted by molar-refractivity contribution is 0.275. The summed E-state index contributed by atoms with van der Waals surface area (Å²) in [4.78, 5) is 0. The Labute approximate surface area is 127 Å². The van der Waals surface area contributed by atoms with Crippen LogP contribution in [0.4, 0.5) is 8.78 Å². The van der Waals surface area contributed by atoms with Crippen molar-refractivity contribution in [2.45, 2.75) is 26.1 Å². The second kappa shape index (κ2) is 6.98. The van der Waals surface area contributed by atoms with E-state index in [1.54, 1.807) is 18.2 Å². The van der Waals surface area contributed by atoms with Crippen LogP contribution in [0.25, 0.3) is 0 Å². The second-order valence-electron chi connectivity index (χ2n) is 4.85. The Morgan fingerprint density at radius 3 is 2.62 bits per heavy atom. The van der Waals surface area contributed by atoms with Gasteiger partial charge in [0.2, 0.25) is 0 Å². The van der Waals surface area contributed by atoms with Crippen LogP contribution in [0, 0.1) is 11.6 Å². The van der Waals surface area contributed by atoms with Crippen molar-refractivity contribution in [2.75, 3.05) is 0 Å². The first-order chi connectivity index (χ1) is 10.0. The molecule has 0 aliphatic carbocycles. The first kappa shape index (κ1) is 15.9. The van der Waals surface area contributed by atoms with Crippen molar-refractivity contribution in [3.63, 3.8) is 0 Å². The predicted octanol–water partition coefficient (Wildman–Crippen LogP) is 3.96. The third-order valence-electron chi connectivity index (χ3n) is 3.32. The topological polar surface area (TPSA) is 32.3 Å². The summed E-state index contributed by atoms with van der Waals surface area (Å²) in [7, 11) is 0. The highest BCUT2D eigenvalue weighted by Gasteiger charge is 2.10. The van der Waals surface area contributed by atoms with Gasteiger partial charge < -0.3 is 10.4 Å². The molecule has 0 heterocycles. The third-order valence-corrected chi connectivity index (χ3v) is 3.65. The zero-order valence-corrected chi connectivity index (χ0v) is 12.3. The Kier molecular flexibility index (Phi) is 5.28. The second-order valence-corrected chi connectivity index (χ2v) is 5.26. The van der Waals surface area contributed by atoms with E-state index in [-0.39, 0.29) is 24.0 Å². The van der Waals surface area contributed by atoms with Crippen molar-refractivity contribution >= 4 is 11.6 Å². The van der Waals surface area contributed by atoms with E-state index in [4.69, 9.17) is 16.7 Å². The molecule has 2 aromatic rings. The normalized spacial score (nSPS) is 12.4. The summed E-state index contributed by atoms with van der Waals surface area (Å²) in [6.07, 6.45) is 0. The molecule has 2 aromatic carbocycles. The maximum absolute atomic E-state index is 13.3. The van der Waals surface area contributed by atoms with E-state index in [0.29, 0.717) is 11.6 Å². The van der Waals surface area contributed by atoms with E-state index in [9.17, 15) is 8.78 Å². The molecule has 1 unspecified atom stereocenters. The Hall–Kier alpha value is -1.49. The van der Waals surface area contributed by atoms with E-state index in [2.05, 4.69) is 5.32 Å². The average Bonchev–Trinajstić information content (AvgIpc) is 2.46. The number of aliphatic hydroxyl groups excluding tert-OH is 1. The van der Waals surface area contributed by atoms with Gasteiger partial charge in [-0.3, -0.25) is 0 Å². The van der Waals surface area contributed by atoms with Crippen molar-refractivity contribution < 1.29 is 13.9 Å². The smallest absolute Gasteiger partial charge is 0.128 e. The highest BCUT2D eigenvalue weighted by molar-refractivity contribution is 6.31. The molecule has 0 amide bonds. The van der Waals surface area contributed by atoms with Gasteiger partial charge in [-0.25, -0.2) is 8.78 Å². The zero-order valence-electron chi connectivity index (χ0n) is 11.5.